The van der Waals surface area contributed by atoms with Gasteiger partial charge >= 0.3 is 17.8 Å². The Bertz CT molecular complexity index is 910. The van der Waals surface area contributed by atoms with E-state index in [1.807, 2.05) is 6.92 Å². The maximum absolute atomic E-state index is 12.9. The van der Waals surface area contributed by atoms with Gasteiger partial charge < -0.3 is 14.8 Å². The lowest BCUT2D eigenvalue weighted by molar-refractivity contribution is -0.144. The largest absolute Gasteiger partial charge is 0.497 e. The summed E-state index contributed by atoms with van der Waals surface area (Å²) in [5.41, 5.74) is 0.388. The summed E-state index contributed by atoms with van der Waals surface area (Å²) in [5, 5.41) is 2.62. The third-order valence-corrected chi connectivity index (χ3v) is 6.84. The van der Waals surface area contributed by atoms with Crippen LogP contribution in [0.1, 0.15) is 32.6 Å². The zero-order valence-electron chi connectivity index (χ0n) is 17.9. The molecule has 1 saturated heterocycles. The molecule has 1 aromatic rings. The average Bonchev–Trinajstić information content (AvgIpc) is 3.44. The maximum Gasteiger partial charge on any atom is 0.334 e. The fourth-order valence-electron chi connectivity index (χ4n) is 5.32. The minimum Gasteiger partial charge on any atom is -0.497 e. The summed E-state index contributed by atoms with van der Waals surface area (Å²) in [5.74, 6) is -0.0852. The summed E-state index contributed by atoms with van der Waals surface area (Å²) in [6, 6.07) is 3.75. The van der Waals surface area contributed by atoms with Gasteiger partial charge in [-0.15, -0.1) is 0 Å². The Morgan fingerprint density at radius 2 is 1.74 bits per heavy atom. The van der Waals surface area contributed by atoms with Crippen LogP contribution >= 0.6 is 0 Å². The van der Waals surface area contributed by atoms with Crippen molar-refractivity contribution in [1.82, 2.24) is 9.80 Å². The van der Waals surface area contributed by atoms with Gasteiger partial charge in [-0.1, -0.05) is 6.42 Å². The van der Waals surface area contributed by atoms with E-state index >= 15 is 0 Å². The molecule has 4 atom stereocenters. The van der Waals surface area contributed by atoms with E-state index in [0.29, 0.717) is 29.0 Å². The molecule has 2 aliphatic carbocycles. The fraction of sp³-hybridized carbons (Fsp3) is 0.545. The Balaban J connectivity index is 1.44. The van der Waals surface area contributed by atoms with Gasteiger partial charge in [0.05, 0.1) is 14.2 Å². The van der Waals surface area contributed by atoms with E-state index < -0.39 is 30.3 Å². The van der Waals surface area contributed by atoms with Gasteiger partial charge in [0, 0.05) is 29.9 Å². The Kier molecular flexibility index (Phi) is 5.60. The molecule has 4 rings (SSSR count). The molecule has 166 valence electrons. The summed E-state index contributed by atoms with van der Waals surface area (Å²) >= 11 is 0. The molecule has 3 aliphatic rings. The Morgan fingerprint density at radius 3 is 2.29 bits per heavy atom. The Hall–Kier alpha value is -3.10. The number of nitrogens with one attached hydrogen (secondary N) is 1. The second-order valence-corrected chi connectivity index (χ2v) is 8.58. The van der Waals surface area contributed by atoms with Gasteiger partial charge in [-0.3, -0.25) is 19.3 Å². The number of imide groups is 2. The molecule has 1 aliphatic heterocycles. The van der Waals surface area contributed by atoms with Crippen molar-refractivity contribution >= 4 is 29.4 Å². The van der Waals surface area contributed by atoms with E-state index in [2.05, 4.69) is 5.32 Å². The van der Waals surface area contributed by atoms with Crippen molar-refractivity contribution in [2.75, 3.05) is 26.1 Å². The first-order valence-corrected chi connectivity index (χ1v) is 10.5. The minimum absolute atomic E-state index is 0.220. The van der Waals surface area contributed by atoms with Crippen LogP contribution in [0.25, 0.3) is 0 Å². The Labute approximate surface area is 180 Å². The molecule has 2 bridgehead atoms. The molecule has 0 aromatic heterocycles. The number of rotatable bonds is 7. The third-order valence-electron chi connectivity index (χ3n) is 6.84. The van der Waals surface area contributed by atoms with Gasteiger partial charge in [-0.05, 0) is 43.9 Å². The first kappa shape index (κ1) is 21.1. The van der Waals surface area contributed by atoms with Crippen molar-refractivity contribution in [2.45, 2.75) is 38.6 Å². The Morgan fingerprint density at radius 1 is 1.06 bits per heavy atom. The van der Waals surface area contributed by atoms with E-state index in [0.717, 1.165) is 29.1 Å². The van der Waals surface area contributed by atoms with E-state index in [1.165, 1.54) is 20.6 Å². The lowest BCUT2D eigenvalue weighted by atomic mass is 9.83. The van der Waals surface area contributed by atoms with E-state index in [9.17, 15) is 19.2 Å². The standard InChI is InChI=1S/C22H27N3O6/c1-12(18-7-13-4-5-14(18)6-13)25-21(28)20(27)24(22(25)29)11-19(26)23-15-8-16(30-2)10-17(9-15)31-3/h8-10,12-14,18H,4-7,11H2,1-3H3,(H,23,26)/t12-,13+,14+,18-/m1/s1. The second kappa shape index (κ2) is 8.20. The summed E-state index contributed by atoms with van der Waals surface area (Å²) in [6.45, 7) is 1.30. The minimum atomic E-state index is -0.960. The van der Waals surface area contributed by atoms with Crippen molar-refractivity contribution in [2.24, 2.45) is 17.8 Å². The van der Waals surface area contributed by atoms with Crippen molar-refractivity contribution < 1.29 is 28.7 Å². The third kappa shape index (κ3) is 3.84. The highest BCUT2D eigenvalue weighted by Crippen LogP contribution is 2.50. The fourth-order valence-corrected chi connectivity index (χ4v) is 5.32. The summed E-state index contributed by atoms with van der Waals surface area (Å²) in [4.78, 5) is 52.3. The lowest BCUT2D eigenvalue weighted by Crippen LogP contribution is -2.45. The number of fused-ring (bicyclic) bond motifs is 2. The molecule has 3 fully saturated rings. The number of benzene rings is 1. The van der Waals surface area contributed by atoms with Crippen molar-refractivity contribution in [1.29, 1.82) is 0 Å². The number of carbonyl (C=O) groups is 4. The molecule has 0 radical (unpaired) electrons. The number of anilines is 1. The number of methoxy groups -OCH3 is 2. The molecule has 9 nitrogen and oxygen atoms in total. The molecule has 5 amide bonds. The monoisotopic (exact) mass is 429 g/mol. The normalized spacial score (nSPS) is 25.9. The second-order valence-electron chi connectivity index (χ2n) is 8.58. The predicted molar refractivity (Wildman–Crippen MR) is 111 cm³/mol. The average molecular weight is 429 g/mol. The zero-order chi connectivity index (χ0) is 22.3. The van der Waals surface area contributed by atoms with Crippen LogP contribution in [0.2, 0.25) is 0 Å². The molecular formula is C22H27N3O6. The van der Waals surface area contributed by atoms with Gasteiger partial charge in [0.15, 0.2) is 0 Å². The molecule has 0 spiro atoms. The molecule has 9 heteroatoms. The SMILES string of the molecule is COc1cc(NC(=O)CN2C(=O)C(=O)N([C@H](C)[C@H]3C[C@H]4CC[C@H]3C4)C2=O)cc(OC)c1. The molecule has 2 saturated carbocycles. The van der Waals surface area contributed by atoms with Crippen molar-refractivity contribution in [3.8, 4) is 11.5 Å². The van der Waals surface area contributed by atoms with Gasteiger partial charge in [-0.2, -0.15) is 0 Å². The highest BCUT2D eigenvalue weighted by atomic mass is 16.5. The molecular weight excluding hydrogens is 402 g/mol. The predicted octanol–water partition coefficient (Wildman–Crippen LogP) is 2.26. The topological polar surface area (TPSA) is 105 Å². The highest BCUT2D eigenvalue weighted by molar-refractivity contribution is 6.45. The summed E-state index contributed by atoms with van der Waals surface area (Å²) in [6.07, 6.45) is 4.43. The van der Waals surface area contributed by atoms with Gasteiger partial charge in [-0.25, -0.2) is 9.69 Å². The zero-order valence-corrected chi connectivity index (χ0v) is 17.9. The number of hydrogen-bond acceptors (Lipinski definition) is 6. The molecule has 0 unspecified atom stereocenters. The van der Waals surface area contributed by atoms with E-state index in [4.69, 9.17) is 9.47 Å². The maximum atomic E-state index is 12.9. The number of ether oxygens (including phenoxy) is 2. The number of hydrogen-bond donors (Lipinski definition) is 1. The highest BCUT2D eigenvalue weighted by Gasteiger charge is 2.52. The van der Waals surface area contributed by atoms with Crippen LogP contribution in [-0.4, -0.2) is 60.4 Å². The first-order chi connectivity index (χ1) is 14.8. The van der Waals surface area contributed by atoms with Crippen molar-refractivity contribution in [3.05, 3.63) is 18.2 Å². The summed E-state index contributed by atoms with van der Waals surface area (Å²) in [7, 11) is 2.97. The van der Waals surface area contributed by atoms with Crippen LogP contribution in [0.15, 0.2) is 18.2 Å². The van der Waals surface area contributed by atoms with Crippen LogP contribution in [-0.2, 0) is 14.4 Å². The van der Waals surface area contributed by atoms with Crippen LogP contribution in [0.5, 0.6) is 11.5 Å². The molecule has 1 heterocycles. The van der Waals surface area contributed by atoms with E-state index in [-0.39, 0.29) is 12.0 Å². The van der Waals surface area contributed by atoms with Crippen LogP contribution < -0.4 is 14.8 Å². The van der Waals surface area contributed by atoms with Crippen LogP contribution in [0.4, 0.5) is 10.5 Å². The number of amides is 5. The summed E-state index contributed by atoms with van der Waals surface area (Å²) < 4.78 is 10.3. The number of carbonyl (C=O) groups excluding carboxylic acids is 4. The molecule has 31 heavy (non-hydrogen) atoms. The van der Waals surface area contributed by atoms with Crippen molar-refractivity contribution in [3.63, 3.8) is 0 Å². The molecule has 1 aromatic carbocycles. The number of nitrogens with zero attached hydrogens (tertiary/aromatic N) is 2. The lowest BCUT2D eigenvalue weighted by Gasteiger charge is -2.32. The van der Waals surface area contributed by atoms with Crippen LogP contribution in [0, 0.1) is 17.8 Å². The van der Waals surface area contributed by atoms with Gasteiger partial charge in [0.25, 0.3) is 0 Å². The quantitative estimate of drug-likeness (QED) is 0.527. The van der Waals surface area contributed by atoms with E-state index in [1.54, 1.807) is 18.2 Å². The van der Waals surface area contributed by atoms with Gasteiger partial charge in [0.2, 0.25) is 5.91 Å². The van der Waals surface area contributed by atoms with Gasteiger partial charge in [0.1, 0.15) is 18.0 Å². The number of urea groups is 1. The molecule has 1 N–H and O–H groups in total. The smallest absolute Gasteiger partial charge is 0.334 e. The first-order valence-electron chi connectivity index (χ1n) is 10.5. The van der Waals surface area contributed by atoms with Crippen LogP contribution in [0.3, 0.4) is 0 Å².